The molecule has 0 fully saturated rings. The third-order valence-electron chi connectivity index (χ3n) is 1.85. The summed E-state index contributed by atoms with van der Waals surface area (Å²) in [6, 6.07) is 0. The van der Waals surface area contributed by atoms with Crippen molar-refractivity contribution >= 4 is 0 Å². The Bertz CT molecular complexity index is 84.7. The fourth-order valence-electron chi connectivity index (χ4n) is 1.13. The van der Waals surface area contributed by atoms with Crippen LogP contribution in [-0.2, 0) is 0 Å². The van der Waals surface area contributed by atoms with Crippen LogP contribution in [0.2, 0.25) is 0 Å². The van der Waals surface area contributed by atoms with Crippen LogP contribution in [0.3, 0.4) is 0 Å². The highest BCUT2D eigenvalue weighted by Crippen LogP contribution is 2.22. The molecule has 0 aliphatic carbocycles. The van der Waals surface area contributed by atoms with Crippen molar-refractivity contribution in [3.63, 3.8) is 0 Å². The Kier molecular flexibility index (Phi) is 4.79. The minimum atomic E-state index is 0.529. The van der Waals surface area contributed by atoms with E-state index in [1.807, 2.05) is 0 Å². The molecule has 0 aromatic carbocycles. The van der Waals surface area contributed by atoms with Crippen LogP contribution in [-0.4, -0.2) is 0 Å². The molecule has 0 unspecified atom stereocenters. The summed E-state index contributed by atoms with van der Waals surface area (Å²) < 4.78 is 0. The van der Waals surface area contributed by atoms with Gasteiger partial charge in [-0.15, -0.1) is 0 Å². The highest BCUT2D eigenvalue weighted by atomic mass is 14.1. The quantitative estimate of drug-likeness (QED) is 0.533. The molecule has 0 aliphatic rings. The minimum Gasteiger partial charge on any atom is -0.0602 e. The molecule has 11 heavy (non-hydrogen) atoms. The lowest BCUT2D eigenvalue weighted by atomic mass is 9.89. The Balaban J connectivity index is 3.15. The van der Waals surface area contributed by atoms with Gasteiger partial charge < -0.3 is 0 Å². The number of rotatable bonds is 4. The van der Waals surface area contributed by atoms with Gasteiger partial charge in [0.15, 0.2) is 0 Å². The SMILES string of the molecule is C[C](C)CCCCC(C)(C)C. The third kappa shape index (κ3) is 10.0. The first-order valence-corrected chi connectivity index (χ1v) is 4.71. The predicted octanol–water partition coefficient (Wildman–Crippen LogP) is 4.21. The normalized spacial score (nSPS) is 12.5. The van der Waals surface area contributed by atoms with Gasteiger partial charge in [0.2, 0.25) is 0 Å². The van der Waals surface area contributed by atoms with Crippen LogP contribution in [0.4, 0.5) is 0 Å². The molecular formula is C11H23. The van der Waals surface area contributed by atoms with E-state index in [4.69, 9.17) is 0 Å². The van der Waals surface area contributed by atoms with Gasteiger partial charge in [0.05, 0.1) is 0 Å². The first-order chi connectivity index (χ1) is 4.92. The molecule has 0 saturated carbocycles. The van der Waals surface area contributed by atoms with Crippen molar-refractivity contribution in [1.29, 1.82) is 0 Å². The summed E-state index contributed by atoms with van der Waals surface area (Å²) in [5.41, 5.74) is 0.529. The van der Waals surface area contributed by atoms with Gasteiger partial charge in [-0.3, -0.25) is 0 Å². The molecule has 0 aliphatic heterocycles. The van der Waals surface area contributed by atoms with Crippen molar-refractivity contribution in [3.8, 4) is 0 Å². The summed E-state index contributed by atoms with van der Waals surface area (Å²) >= 11 is 0. The van der Waals surface area contributed by atoms with Crippen LogP contribution in [0.1, 0.15) is 60.3 Å². The molecule has 0 aromatic heterocycles. The molecule has 0 aromatic rings. The highest BCUT2D eigenvalue weighted by Gasteiger charge is 2.08. The maximum absolute atomic E-state index is 2.31. The Morgan fingerprint density at radius 2 is 1.55 bits per heavy atom. The zero-order valence-corrected chi connectivity index (χ0v) is 8.83. The van der Waals surface area contributed by atoms with Crippen LogP contribution in [0.25, 0.3) is 0 Å². The molecule has 0 saturated heterocycles. The first-order valence-electron chi connectivity index (χ1n) is 4.71. The molecule has 0 atom stereocenters. The minimum absolute atomic E-state index is 0.529. The Labute approximate surface area is 72.4 Å². The van der Waals surface area contributed by atoms with Crippen molar-refractivity contribution < 1.29 is 0 Å². The van der Waals surface area contributed by atoms with Gasteiger partial charge in [-0.25, -0.2) is 0 Å². The van der Waals surface area contributed by atoms with Gasteiger partial charge in [-0.2, -0.15) is 0 Å². The number of unbranched alkanes of at least 4 members (excludes halogenated alkanes) is 1. The zero-order chi connectivity index (χ0) is 8.91. The van der Waals surface area contributed by atoms with Crippen molar-refractivity contribution in [1.82, 2.24) is 0 Å². The maximum atomic E-state index is 2.31. The average molecular weight is 155 g/mol. The van der Waals surface area contributed by atoms with Gasteiger partial charge in [0, 0.05) is 0 Å². The summed E-state index contributed by atoms with van der Waals surface area (Å²) in [4.78, 5) is 0. The van der Waals surface area contributed by atoms with E-state index in [-0.39, 0.29) is 0 Å². The van der Waals surface area contributed by atoms with E-state index in [9.17, 15) is 0 Å². The lowest BCUT2D eigenvalue weighted by Crippen LogP contribution is -2.04. The Hall–Kier alpha value is 0. The van der Waals surface area contributed by atoms with Gasteiger partial charge in [0.1, 0.15) is 0 Å². The number of hydrogen-bond donors (Lipinski definition) is 0. The molecule has 1 radical (unpaired) electrons. The summed E-state index contributed by atoms with van der Waals surface area (Å²) in [5.74, 6) is 1.57. The largest absolute Gasteiger partial charge is 0.0602 e. The maximum Gasteiger partial charge on any atom is -0.0303 e. The molecule has 0 bridgehead atoms. The van der Waals surface area contributed by atoms with Crippen LogP contribution >= 0.6 is 0 Å². The van der Waals surface area contributed by atoms with Gasteiger partial charge in [0.25, 0.3) is 0 Å². The van der Waals surface area contributed by atoms with E-state index in [0.717, 1.165) is 0 Å². The molecule has 0 N–H and O–H groups in total. The Morgan fingerprint density at radius 1 is 1.00 bits per heavy atom. The van der Waals surface area contributed by atoms with Crippen LogP contribution in [0, 0.1) is 11.3 Å². The van der Waals surface area contributed by atoms with E-state index < -0.39 is 0 Å². The fraction of sp³-hybridized carbons (Fsp3) is 0.909. The molecule has 0 rings (SSSR count). The first kappa shape index (κ1) is 11.0. The second-order valence-corrected chi connectivity index (χ2v) is 4.97. The van der Waals surface area contributed by atoms with Crippen LogP contribution in [0.15, 0.2) is 0 Å². The molecule has 0 spiro atoms. The molecule has 67 valence electrons. The van der Waals surface area contributed by atoms with Crippen molar-refractivity contribution in [2.75, 3.05) is 0 Å². The highest BCUT2D eigenvalue weighted by molar-refractivity contribution is 4.76. The molecule has 0 nitrogen and oxygen atoms in total. The summed E-state index contributed by atoms with van der Waals surface area (Å²) in [7, 11) is 0. The third-order valence-corrected chi connectivity index (χ3v) is 1.85. The van der Waals surface area contributed by atoms with E-state index in [1.54, 1.807) is 5.92 Å². The van der Waals surface area contributed by atoms with Gasteiger partial charge in [-0.05, 0) is 24.2 Å². The molecule has 0 heterocycles. The monoisotopic (exact) mass is 155 g/mol. The summed E-state index contributed by atoms with van der Waals surface area (Å²) in [6.07, 6.45) is 5.44. The van der Waals surface area contributed by atoms with Crippen molar-refractivity contribution in [2.45, 2.75) is 60.3 Å². The van der Waals surface area contributed by atoms with E-state index in [2.05, 4.69) is 34.6 Å². The topological polar surface area (TPSA) is 0 Å². The fourth-order valence-corrected chi connectivity index (χ4v) is 1.13. The van der Waals surface area contributed by atoms with Crippen molar-refractivity contribution in [2.24, 2.45) is 5.41 Å². The van der Waals surface area contributed by atoms with E-state index >= 15 is 0 Å². The summed E-state index contributed by atoms with van der Waals surface area (Å²) in [5, 5.41) is 0. The van der Waals surface area contributed by atoms with Crippen molar-refractivity contribution in [3.05, 3.63) is 5.92 Å². The smallest absolute Gasteiger partial charge is 0.0303 e. The second kappa shape index (κ2) is 4.79. The Morgan fingerprint density at radius 3 is 1.91 bits per heavy atom. The van der Waals surface area contributed by atoms with E-state index in [1.165, 1.54) is 25.7 Å². The summed E-state index contributed by atoms with van der Waals surface area (Å²) in [6.45, 7) is 11.4. The van der Waals surface area contributed by atoms with Gasteiger partial charge in [-0.1, -0.05) is 47.5 Å². The second-order valence-electron chi connectivity index (χ2n) is 4.97. The van der Waals surface area contributed by atoms with Crippen LogP contribution in [0.5, 0.6) is 0 Å². The van der Waals surface area contributed by atoms with Gasteiger partial charge >= 0.3 is 0 Å². The molecule has 0 heteroatoms. The molecule has 0 amide bonds. The zero-order valence-electron chi connectivity index (χ0n) is 8.83. The van der Waals surface area contributed by atoms with E-state index in [0.29, 0.717) is 5.41 Å². The molecular weight excluding hydrogens is 132 g/mol. The van der Waals surface area contributed by atoms with Crippen LogP contribution < -0.4 is 0 Å². The predicted molar refractivity (Wildman–Crippen MR) is 52.5 cm³/mol. The lowest BCUT2D eigenvalue weighted by Gasteiger charge is -2.17. The standard InChI is InChI=1S/C11H23/c1-10(2)8-6-7-9-11(3,4)5/h6-9H2,1-5H3. The lowest BCUT2D eigenvalue weighted by molar-refractivity contribution is 0.359. The average Bonchev–Trinajstić information content (AvgIpc) is 1.78. The number of hydrogen-bond acceptors (Lipinski definition) is 0.